The highest BCUT2D eigenvalue weighted by atomic mass is 16.3. The lowest BCUT2D eigenvalue weighted by Crippen LogP contribution is -2.37. The van der Waals surface area contributed by atoms with Gasteiger partial charge in [-0.2, -0.15) is 0 Å². The Morgan fingerprint density at radius 1 is 1.39 bits per heavy atom. The summed E-state index contributed by atoms with van der Waals surface area (Å²) in [5.41, 5.74) is 3.19. The molecule has 0 aromatic carbocycles. The molecule has 2 atom stereocenters. The van der Waals surface area contributed by atoms with Gasteiger partial charge in [-0.15, -0.1) is 0 Å². The van der Waals surface area contributed by atoms with Crippen LogP contribution in [0.5, 0.6) is 0 Å². The van der Waals surface area contributed by atoms with Gasteiger partial charge in [-0.05, 0) is 49.4 Å². The fourth-order valence-electron chi connectivity index (χ4n) is 3.17. The van der Waals surface area contributed by atoms with E-state index in [-0.39, 0.29) is 0 Å². The van der Waals surface area contributed by atoms with E-state index in [2.05, 4.69) is 22.4 Å². The Morgan fingerprint density at radius 3 is 3.28 bits per heavy atom. The minimum absolute atomic E-state index is 0.620. The molecule has 4 rings (SSSR count). The zero-order chi connectivity index (χ0) is 11.9. The second kappa shape index (κ2) is 3.95. The summed E-state index contributed by atoms with van der Waals surface area (Å²) >= 11 is 0. The molecule has 1 aliphatic heterocycles. The van der Waals surface area contributed by atoms with Crippen molar-refractivity contribution in [3.63, 3.8) is 0 Å². The predicted molar refractivity (Wildman–Crippen MR) is 71.1 cm³/mol. The van der Waals surface area contributed by atoms with Crippen molar-refractivity contribution in [3.8, 4) is 0 Å². The van der Waals surface area contributed by atoms with Crippen LogP contribution in [0.15, 0.2) is 34.9 Å². The van der Waals surface area contributed by atoms with Crippen molar-refractivity contribution >= 4 is 16.7 Å². The standard InChI is InChI=1S/C15H16N2O/c1-3-10-7-11(8-12(10)16-5-1)15-9-13-14(18-15)4-2-6-17-13/h2,4,6-7,9-10,12,16H,1,3,5,8H2/t10-,12+/m0/s1. The SMILES string of the molecule is C1=C(c2cc3ncccc3o2)C[C@H]2NCCC[C@@H]12. The maximum atomic E-state index is 5.90. The van der Waals surface area contributed by atoms with E-state index in [0.717, 1.165) is 29.8 Å². The number of hydrogen-bond acceptors (Lipinski definition) is 3. The molecule has 92 valence electrons. The summed E-state index contributed by atoms with van der Waals surface area (Å²) in [6, 6.07) is 6.58. The maximum Gasteiger partial charge on any atom is 0.153 e. The van der Waals surface area contributed by atoms with Crippen LogP contribution in [0.3, 0.4) is 0 Å². The fourth-order valence-corrected chi connectivity index (χ4v) is 3.17. The summed E-state index contributed by atoms with van der Waals surface area (Å²) in [6.07, 6.45) is 7.89. The van der Waals surface area contributed by atoms with Gasteiger partial charge in [0, 0.05) is 18.3 Å². The zero-order valence-corrected chi connectivity index (χ0v) is 10.2. The average Bonchev–Trinajstić information content (AvgIpc) is 3.02. The maximum absolute atomic E-state index is 5.90. The first-order valence-electron chi connectivity index (χ1n) is 6.69. The molecule has 2 aliphatic rings. The summed E-state index contributed by atoms with van der Waals surface area (Å²) in [7, 11) is 0. The molecule has 0 spiro atoms. The summed E-state index contributed by atoms with van der Waals surface area (Å²) in [5, 5.41) is 3.61. The molecule has 2 aromatic rings. The molecule has 3 nitrogen and oxygen atoms in total. The highest BCUT2D eigenvalue weighted by Crippen LogP contribution is 2.37. The fraction of sp³-hybridized carbons (Fsp3) is 0.400. The van der Waals surface area contributed by atoms with Crippen LogP contribution in [0.4, 0.5) is 0 Å². The molecule has 1 saturated heterocycles. The number of furan rings is 1. The van der Waals surface area contributed by atoms with Crippen LogP contribution >= 0.6 is 0 Å². The van der Waals surface area contributed by atoms with Crippen LogP contribution in [0, 0.1) is 5.92 Å². The quantitative estimate of drug-likeness (QED) is 0.832. The van der Waals surface area contributed by atoms with Crippen molar-refractivity contribution in [2.24, 2.45) is 5.92 Å². The van der Waals surface area contributed by atoms with Crippen LogP contribution in [0.25, 0.3) is 16.7 Å². The van der Waals surface area contributed by atoms with E-state index in [0.29, 0.717) is 12.0 Å². The largest absolute Gasteiger partial charge is 0.455 e. The summed E-state index contributed by atoms with van der Waals surface area (Å²) in [5.74, 6) is 1.69. The van der Waals surface area contributed by atoms with Crippen molar-refractivity contribution in [1.29, 1.82) is 0 Å². The van der Waals surface area contributed by atoms with Gasteiger partial charge in [-0.3, -0.25) is 4.98 Å². The number of nitrogens with one attached hydrogen (secondary N) is 1. The van der Waals surface area contributed by atoms with Crippen molar-refractivity contribution in [2.75, 3.05) is 6.54 Å². The van der Waals surface area contributed by atoms with E-state index >= 15 is 0 Å². The Hall–Kier alpha value is -1.61. The molecule has 3 heteroatoms. The lowest BCUT2D eigenvalue weighted by Gasteiger charge is -2.25. The molecule has 3 heterocycles. The van der Waals surface area contributed by atoms with Gasteiger partial charge in [-0.1, -0.05) is 6.08 Å². The molecular weight excluding hydrogens is 224 g/mol. The lowest BCUT2D eigenvalue weighted by atomic mass is 9.94. The second-order valence-corrected chi connectivity index (χ2v) is 5.26. The summed E-state index contributed by atoms with van der Waals surface area (Å²) in [6.45, 7) is 1.16. The first-order valence-corrected chi connectivity index (χ1v) is 6.69. The highest BCUT2D eigenvalue weighted by molar-refractivity contribution is 5.79. The van der Waals surface area contributed by atoms with Crippen LogP contribution in [0.2, 0.25) is 0 Å². The van der Waals surface area contributed by atoms with E-state index in [1.807, 2.05) is 18.3 Å². The third-order valence-electron chi connectivity index (χ3n) is 4.10. The smallest absolute Gasteiger partial charge is 0.153 e. The van der Waals surface area contributed by atoms with E-state index in [1.165, 1.54) is 18.4 Å². The van der Waals surface area contributed by atoms with E-state index in [4.69, 9.17) is 4.42 Å². The van der Waals surface area contributed by atoms with Gasteiger partial charge in [0.2, 0.25) is 0 Å². The van der Waals surface area contributed by atoms with Crippen molar-refractivity contribution in [3.05, 3.63) is 36.2 Å². The molecule has 1 aliphatic carbocycles. The molecule has 2 aromatic heterocycles. The van der Waals surface area contributed by atoms with Crippen LogP contribution < -0.4 is 5.32 Å². The number of fused-ring (bicyclic) bond motifs is 2. The molecule has 0 radical (unpaired) electrons. The number of pyridine rings is 1. The molecule has 1 fully saturated rings. The third-order valence-corrected chi connectivity index (χ3v) is 4.10. The van der Waals surface area contributed by atoms with E-state index in [9.17, 15) is 0 Å². The average molecular weight is 240 g/mol. The number of nitrogens with zero attached hydrogens (tertiary/aromatic N) is 1. The Balaban J connectivity index is 1.70. The number of piperidine rings is 1. The number of rotatable bonds is 1. The molecule has 0 bridgehead atoms. The van der Waals surface area contributed by atoms with E-state index < -0.39 is 0 Å². The van der Waals surface area contributed by atoms with Crippen molar-refractivity contribution in [2.45, 2.75) is 25.3 Å². The second-order valence-electron chi connectivity index (χ2n) is 5.26. The molecule has 1 N–H and O–H groups in total. The van der Waals surface area contributed by atoms with Gasteiger partial charge < -0.3 is 9.73 Å². The first-order chi connectivity index (χ1) is 8.90. The van der Waals surface area contributed by atoms with Crippen molar-refractivity contribution in [1.82, 2.24) is 10.3 Å². The van der Waals surface area contributed by atoms with E-state index in [1.54, 1.807) is 0 Å². The van der Waals surface area contributed by atoms with Gasteiger partial charge in [0.15, 0.2) is 5.58 Å². The highest BCUT2D eigenvalue weighted by Gasteiger charge is 2.31. The molecule has 0 amide bonds. The number of hydrogen-bond donors (Lipinski definition) is 1. The van der Waals surface area contributed by atoms with Gasteiger partial charge in [0.05, 0.1) is 0 Å². The Bertz CT molecular complexity index is 581. The van der Waals surface area contributed by atoms with Crippen LogP contribution in [0.1, 0.15) is 25.0 Å². The lowest BCUT2D eigenvalue weighted by molar-refractivity contribution is 0.348. The first kappa shape index (κ1) is 10.3. The predicted octanol–water partition coefficient (Wildman–Crippen LogP) is 2.98. The molecular formula is C15H16N2O. The third kappa shape index (κ3) is 1.58. The minimum atomic E-state index is 0.620. The van der Waals surface area contributed by atoms with Crippen LogP contribution in [-0.2, 0) is 0 Å². The molecule has 0 saturated carbocycles. The summed E-state index contributed by atoms with van der Waals surface area (Å²) < 4.78 is 5.90. The number of aromatic nitrogens is 1. The molecule has 0 unspecified atom stereocenters. The topological polar surface area (TPSA) is 38.1 Å². The minimum Gasteiger partial charge on any atom is -0.455 e. The monoisotopic (exact) mass is 240 g/mol. The van der Waals surface area contributed by atoms with Gasteiger partial charge in [0.1, 0.15) is 11.3 Å². The molecule has 18 heavy (non-hydrogen) atoms. The van der Waals surface area contributed by atoms with Gasteiger partial charge in [-0.25, -0.2) is 0 Å². The van der Waals surface area contributed by atoms with Gasteiger partial charge in [0.25, 0.3) is 0 Å². The Kier molecular flexibility index (Phi) is 2.27. The normalized spacial score (nSPS) is 27.2. The zero-order valence-electron chi connectivity index (χ0n) is 10.2. The van der Waals surface area contributed by atoms with Gasteiger partial charge >= 0.3 is 0 Å². The van der Waals surface area contributed by atoms with Crippen molar-refractivity contribution < 1.29 is 4.42 Å². The Morgan fingerprint density at radius 2 is 2.39 bits per heavy atom. The Labute approximate surface area is 106 Å². The van der Waals surface area contributed by atoms with Crippen LogP contribution in [-0.4, -0.2) is 17.6 Å². The summed E-state index contributed by atoms with van der Waals surface area (Å²) in [4.78, 5) is 4.33.